The van der Waals surface area contributed by atoms with Crippen molar-refractivity contribution in [1.82, 2.24) is 31.9 Å². The molecule has 1 saturated carbocycles. The zero-order valence-corrected chi connectivity index (χ0v) is 53.4. The molecular formula is C72H83N9O15. The first-order valence-electron chi connectivity index (χ1n) is 33.7. The number of dihydropyridines is 1. The standard InChI is InChI=1S/C72H83N9O15/c1-75-28-40-22-36-20-37-14-17-72(91)55-32-92-30-38(11-13-53(37)85)56(45-8-4-5-9-52(45)81-34-77-59-67(81)79-70(74)80-68(59)90)49-27-48-57(61(88)47-23-35(29-83)10-12-44(47)60(48)87)63(93-31-43(84)16-19-82)62(49)96-69(95-55)64(65(72)89)94-33-71-41(25-46(40)39(21-36)24-54(71)86)26-51(78-42-6-2-3-7-42)58-50(71)15-18-76-66(58)73/h4-5,8-10,12,15,19,21-23,26-27,37-38,42-43,51,53-56,59,64-65,67,69-70,75-79,83-86,89,91H,2-3,6-7,11,13,16,18,20,24-25,28-34,73-74H2,1H3,(H,80,90)/t37-,38+,43-,51-,53+,54+,55+,56-,59-,64+,65+,67-,69-,70+,71+,72+/m1/s1. The second-order valence-electron chi connectivity index (χ2n) is 27.7. The van der Waals surface area contributed by atoms with E-state index in [4.69, 9.17) is 35.2 Å². The summed E-state index contributed by atoms with van der Waals surface area (Å²) in [5, 5.41) is 96.1. The predicted molar refractivity (Wildman–Crippen MR) is 348 cm³/mol. The molecule has 4 fully saturated rings. The second-order valence-corrected chi connectivity index (χ2v) is 27.7. The smallest absolute Gasteiger partial charge is 0.242 e. The molecule has 0 unspecified atom stereocenters. The van der Waals surface area contributed by atoms with E-state index in [1.807, 2.05) is 42.3 Å². The van der Waals surface area contributed by atoms with Gasteiger partial charge < -0.3 is 91.0 Å². The van der Waals surface area contributed by atoms with Crippen LogP contribution in [-0.2, 0) is 56.2 Å². The molecule has 9 bridgehead atoms. The number of ketones is 2. The highest BCUT2D eigenvalue weighted by molar-refractivity contribution is 6.29. The number of aldehydes is 1. The Labute approximate surface area is 555 Å². The molecular weight excluding hydrogens is 1230 g/mol. The fourth-order valence-corrected chi connectivity index (χ4v) is 17.2. The van der Waals surface area contributed by atoms with Gasteiger partial charge in [0.15, 0.2) is 28.7 Å². The van der Waals surface area contributed by atoms with Crippen molar-refractivity contribution in [2.75, 3.05) is 51.6 Å². The van der Waals surface area contributed by atoms with E-state index in [9.17, 15) is 40.2 Å². The highest BCUT2D eigenvalue weighted by Crippen LogP contribution is 2.56. The minimum Gasteiger partial charge on any atom is -0.486 e. The summed E-state index contributed by atoms with van der Waals surface area (Å²) >= 11 is 0. The minimum atomic E-state index is -2.55. The molecule has 0 aromatic heterocycles. The van der Waals surface area contributed by atoms with E-state index in [2.05, 4.69) is 62.0 Å². The molecule has 16 N–H and O–H groups in total. The van der Waals surface area contributed by atoms with Gasteiger partial charge in [-0.2, -0.15) is 0 Å². The lowest BCUT2D eigenvalue weighted by atomic mass is 9.61. The van der Waals surface area contributed by atoms with Crippen LogP contribution in [-0.4, -0.2) is 180 Å². The molecule has 24 heteroatoms. The van der Waals surface area contributed by atoms with Crippen LogP contribution in [0.4, 0.5) is 5.69 Å². The Morgan fingerprint density at radius 2 is 1.80 bits per heavy atom. The first-order valence-corrected chi connectivity index (χ1v) is 33.7. The Balaban J connectivity index is 0.993. The number of hydrogen-bond donors (Lipinski definition) is 14. The fourth-order valence-electron chi connectivity index (χ4n) is 17.2. The third kappa shape index (κ3) is 11.0. The number of amides is 1. The van der Waals surface area contributed by atoms with Crippen LogP contribution in [0.2, 0.25) is 0 Å². The van der Waals surface area contributed by atoms with Gasteiger partial charge in [0.25, 0.3) is 0 Å². The van der Waals surface area contributed by atoms with Gasteiger partial charge in [-0.25, -0.2) is 0 Å². The second kappa shape index (κ2) is 25.8. The summed E-state index contributed by atoms with van der Waals surface area (Å²) in [7, 11) is 1.89. The minimum absolute atomic E-state index is 0.0356. The molecule has 1 spiro atoms. The van der Waals surface area contributed by atoms with Gasteiger partial charge in [0, 0.05) is 65.0 Å². The van der Waals surface area contributed by atoms with Gasteiger partial charge in [0.1, 0.15) is 55.5 Å². The van der Waals surface area contributed by atoms with Gasteiger partial charge in [-0.05, 0) is 121 Å². The quantitative estimate of drug-likeness (QED) is 0.0457. The van der Waals surface area contributed by atoms with E-state index in [1.165, 1.54) is 12.1 Å². The van der Waals surface area contributed by atoms with Crippen LogP contribution < -0.4 is 57.7 Å². The number of carbonyl (C=O) groups excluding carboxylic acids is 4. The maximum atomic E-state index is 15.7. The fraction of sp³-hybridized carbons (Fsp3) is 0.500. The lowest BCUT2D eigenvalue weighted by molar-refractivity contribution is -0.311. The first kappa shape index (κ1) is 64.6. The van der Waals surface area contributed by atoms with Crippen molar-refractivity contribution in [3.05, 3.63) is 157 Å². The number of nitrogens with one attached hydrogen (secondary N) is 6. The molecule has 506 valence electrons. The number of benzene rings is 4. The average Bonchev–Trinajstić information content (AvgIpc) is 1.14. The molecule has 4 aliphatic carbocycles. The Morgan fingerprint density at radius 1 is 0.969 bits per heavy atom. The van der Waals surface area contributed by atoms with Gasteiger partial charge in [-0.3, -0.25) is 30.8 Å². The number of hydrogen-bond acceptors (Lipinski definition) is 23. The summed E-state index contributed by atoms with van der Waals surface area (Å²) < 4.78 is 35.6. The van der Waals surface area contributed by atoms with E-state index in [-0.39, 0.29) is 103 Å². The molecule has 24 nitrogen and oxygen atoms in total. The molecule has 0 radical (unpaired) electrons. The number of ether oxygens (including phenoxy) is 5. The highest BCUT2D eigenvalue weighted by Gasteiger charge is 2.60. The van der Waals surface area contributed by atoms with E-state index >= 15 is 9.59 Å². The average molecular weight is 1310 g/mol. The van der Waals surface area contributed by atoms with E-state index in [1.54, 1.807) is 12.1 Å². The van der Waals surface area contributed by atoms with Crippen LogP contribution in [0.15, 0.2) is 95.4 Å². The van der Waals surface area contributed by atoms with Crippen LogP contribution in [0, 0.1) is 29.1 Å². The molecule has 15 rings (SSSR count). The summed E-state index contributed by atoms with van der Waals surface area (Å²) in [5.74, 6) is 1.95. The van der Waals surface area contributed by atoms with Gasteiger partial charge in [0.05, 0.1) is 74.3 Å². The Morgan fingerprint density at radius 3 is 2.61 bits per heavy atom. The summed E-state index contributed by atoms with van der Waals surface area (Å²) in [6, 6.07) is 16.8. The predicted octanol–water partition coefficient (Wildman–Crippen LogP) is 0.402. The Hall–Kier alpha value is -7.42. The molecule has 96 heavy (non-hydrogen) atoms. The van der Waals surface area contributed by atoms with Crippen LogP contribution >= 0.6 is 0 Å². The maximum absolute atomic E-state index is 15.7. The lowest BCUT2D eigenvalue weighted by Crippen LogP contribution is -2.70. The number of nitrogens with zero attached hydrogens (tertiary/aromatic N) is 1. The zero-order chi connectivity index (χ0) is 66.5. The van der Waals surface area contributed by atoms with Gasteiger partial charge in [-0.1, -0.05) is 78.8 Å². The number of rotatable bonds is 12. The van der Waals surface area contributed by atoms with Crippen LogP contribution in [0.3, 0.4) is 0 Å². The number of carbonyl (C=O) groups is 4. The van der Waals surface area contributed by atoms with Crippen molar-refractivity contribution in [3.8, 4) is 23.3 Å². The number of fused-ring (bicyclic) bond motifs is 14. The maximum Gasteiger partial charge on any atom is 0.242 e. The molecule has 4 aromatic carbocycles. The van der Waals surface area contributed by atoms with Crippen molar-refractivity contribution in [1.29, 1.82) is 0 Å². The molecule has 11 aliphatic rings. The van der Waals surface area contributed by atoms with Crippen LogP contribution in [0.5, 0.6) is 11.5 Å². The Bertz CT molecular complexity index is 3970. The molecule has 4 aromatic rings. The summed E-state index contributed by atoms with van der Waals surface area (Å²) in [4.78, 5) is 59.1. The zero-order valence-electron chi connectivity index (χ0n) is 53.4. The van der Waals surface area contributed by atoms with Gasteiger partial charge in [-0.15, -0.1) is 0 Å². The number of para-hydroxylation sites is 1. The monoisotopic (exact) mass is 1310 g/mol. The highest BCUT2D eigenvalue weighted by atomic mass is 16.7. The summed E-state index contributed by atoms with van der Waals surface area (Å²) in [6.07, 6.45) is -3.34. The van der Waals surface area contributed by atoms with Crippen LogP contribution in [0.25, 0.3) is 0 Å². The van der Waals surface area contributed by atoms with Gasteiger partial charge >= 0.3 is 0 Å². The molecule has 16 atom stereocenters. The lowest BCUT2D eigenvalue weighted by Gasteiger charge is -2.51. The number of anilines is 1. The van der Waals surface area contributed by atoms with Crippen LogP contribution in [0.1, 0.15) is 122 Å². The molecule has 3 saturated heterocycles. The first-order chi connectivity index (χ1) is 46.5. The number of aliphatic hydroxyl groups is 6. The Kier molecular flexibility index (Phi) is 17.3. The SMILES string of the molecule is CNCc1cc2cc3c1CC1=C[C@@H](NC4CCCC4)C4=C(N)NCC=C4[C@@]1(CO[C@@H]1[C@H]4Oc5c(cc6c(c5OC[C@H](O)CC=O)C(=O)c5cc(CO)ccc5C6=O)[C@@H](c5ccccc5N5CN[C@H]6C(=O)N[C@@H](N)N[C@@H]65)[C@H]5CC[C@H](O)[C@H](C#C[C@](O)([C@H](COC5)O4)[C@H]1O)C2)[C@@H](O)C3. The summed E-state index contributed by atoms with van der Waals surface area (Å²) in [6.45, 7) is -1.05. The molecule has 7 aliphatic heterocycles. The number of aliphatic hydroxyl groups excluding tert-OH is 5. The van der Waals surface area contributed by atoms with Crippen molar-refractivity contribution < 1.29 is 73.5 Å². The van der Waals surface area contributed by atoms with Crippen molar-refractivity contribution in [2.45, 2.75) is 162 Å². The van der Waals surface area contributed by atoms with Crippen molar-refractivity contribution in [3.63, 3.8) is 0 Å². The van der Waals surface area contributed by atoms with Gasteiger partial charge in [0.2, 0.25) is 12.2 Å². The van der Waals surface area contributed by atoms with E-state index in [0.717, 1.165) is 64.7 Å². The number of nitrogens with two attached hydrogens (primary N) is 2. The van der Waals surface area contributed by atoms with Crippen molar-refractivity contribution in [2.24, 2.45) is 28.7 Å². The normalized spacial score (nSPS) is 33.2. The van der Waals surface area contributed by atoms with E-state index in [0.29, 0.717) is 48.4 Å². The third-order valence-electron chi connectivity index (χ3n) is 22.0. The van der Waals surface area contributed by atoms with Crippen molar-refractivity contribution >= 4 is 29.4 Å². The molecule has 1 amide bonds. The molecule has 7 heterocycles. The van der Waals surface area contributed by atoms with E-state index < -0.39 is 128 Å². The topological polar surface area (TPSA) is 363 Å². The third-order valence-corrected chi connectivity index (χ3v) is 22.0. The summed E-state index contributed by atoms with van der Waals surface area (Å²) in [5.41, 5.74) is 16.9. The largest absolute Gasteiger partial charge is 0.486 e.